The maximum atomic E-state index is 12.0. The second kappa shape index (κ2) is 2.71. The summed E-state index contributed by atoms with van der Waals surface area (Å²) in [7, 11) is 0. The van der Waals surface area contributed by atoms with Gasteiger partial charge in [0.15, 0.2) is 0 Å². The molecule has 0 N–H and O–H groups in total. The number of carbonyl (C=O) groups is 1. The van der Waals surface area contributed by atoms with Crippen molar-refractivity contribution in [1.29, 1.82) is 0 Å². The van der Waals surface area contributed by atoms with Gasteiger partial charge in [-0.15, -0.1) is 0 Å². The Morgan fingerprint density at radius 2 is 2.22 bits per heavy atom. The van der Waals surface area contributed by atoms with Crippen molar-refractivity contribution in [1.82, 2.24) is 0 Å². The van der Waals surface area contributed by atoms with E-state index in [-0.39, 0.29) is 12.0 Å². The summed E-state index contributed by atoms with van der Waals surface area (Å²) in [4.78, 5) is 9.67. The lowest BCUT2D eigenvalue weighted by Gasteiger charge is -2.09. The van der Waals surface area contributed by atoms with Gasteiger partial charge < -0.3 is 4.79 Å². The molecule has 0 aliphatic heterocycles. The zero-order valence-corrected chi connectivity index (χ0v) is 5.16. The van der Waals surface area contributed by atoms with Crippen LogP contribution in [0, 0.1) is 0 Å². The monoisotopic (exact) mass is 134 g/mol. The van der Waals surface area contributed by atoms with Crippen molar-refractivity contribution >= 4 is 6.29 Å². The Bertz CT molecular complexity index is 124. The summed E-state index contributed by atoms with van der Waals surface area (Å²) in [5, 5.41) is 0. The van der Waals surface area contributed by atoms with Gasteiger partial charge >= 0.3 is 0 Å². The van der Waals surface area contributed by atoms with Crippen molar-refractivity contribution in [3.05, 3.63) is 12.2 Å². The van der Waals surface area contributed by atoms with Crippen molar-refractivity contribution in [2.24, 2.45) is 0 Å². The first-order chi connectivity index (χ1) is 3.98. The lowest BCUT2D eigenvalue weighted by molar-refractivity contribution is -0.107. The highest BCUT2D eigenvalue weighted by atomic mass is 19.3. The van der Waals surface area contributed by atoms with Crippen LogP contribution in [0.25, 0.3) is 0 Å². The molecule has 52 valence electrons. The molecular formula is C6H8F2O. The van der Waals surface area contributed by atoms with Crippen LogP contribution in [-0.2, 0) is 4.79 Å². The molecule has 0 atom stereocenters. The Labute approximate surface area is 52.4 Å². The van der Waals surface area contributed by atoms with Crippen LogP contribution in [0.15, 0.2) is 12.2 Å². The minimum absolute atomic E-state index is 0.260. The Hall–Kier alpha value is -0.730. The van der Waals surface area contributed by atoms with Crippen LogP contribution < -0.4 is 0 Å². The average molecular weight is 134 g/mol. The minimum Gasteiger partial charge on any atom is -0.303 e. The fourth-order valence-electron chi connectivity index (χ4n) is 0.280. The van der Waals surface area contributed by atoms with Crippen LogP contribution in [0.2, 0.25) is 0 Å². The van der Waals surface area contributed by atoms with Crippen LogP contribution in [0.4, 0.5) is 8.78 Å². The highest BCUT2D eigenvalue weighted by Gasteiger charge is 2.24. The molecule has 0 saturated carbocycles. The molecule has 9 heavy (non-hydrogen) atoms. The lowest BCUT2D eigenvalue weighted by atomic mass is 10.1. The molecule has 0 saturated heterocycles. The van der Waals surface area contributed by atoms with E-state index in [0.29, 0.717) is 6.29 Å². The van der Waals surface area contributed by atoms with Gasteiger partial charge in [0.1, 0.15) is 6.29 Å². The molecule has 0 heterocycles. The minimum atomic E-state index is -2.92. The molecule has 0 aromatic rings. The van der Waals surface area contributed by atoms with Gasteiger partial charge in [-0.2, -0.15) is 0 Å². The van der Waals surface area contributed by atoms with Crippen molar-refractivity contribution in [3.63, 3.8) is 0 Å². The van der Waals surface area contributed by atoms with Crippen LogP contribution in [0.3, 0.4) is 0 Å². The number of allylic oxidation sites excluding steroid dienone is 1. The standard InChI is InChI=1S/C6H8F2O/c1-5(3-4-9)6(2,7)8/h4H,1,3H2,2H3. The van der Waals surface area contributed by atoms with E-state index in [9.17, 15) is 13.6 Å². The van der Waals surface area contributed by atoms with Crippen LogP contribution in [0.1, 0.15) is 13.3 Å². The molecule has 0 aromatic carbocycles. The predicted molar refractivity (Wildman–Crippen MR) is 30.4 cm³/mol. The van der Waals surface area contributed by atoms with E-state index in [0.717, 1.165) is 6.92 Å². The first-order valence-electron chi connectivity index (χ1n) is 2.48. The number of hydrogen-bond donors (Lipinski definition) is 0. The van der Waals surface area contributed by atoms with E-state index in [1.807, 2.05) is 0 Å². The van der Waals surface area contributed by atoms with E-state index >= 15 is 0 Å². The molecule has 0 rings (SSSR count). The van der Waals surface area contributed by atoms with Gasteiger partial charge in [0.25, 0.3) is 5.92 Å². The zero-order valence-electron chi connectivity index (χ0n) is 5.16. The van der Waals surface area contributed by atoms with Crippen molar-refractivity contribution in [2.45, 2.75) is 19.3 Å². The summed E-state index contributed by atoms with van der Waals surface area (Å²) < 4.78 is 24.1. The molecule has 0 amide bonds. The van der Waals surface area contributed by atoms with Gasteiger partial charge in [0, 0.05) is 13.3 Å². The van der Waals surface area contributed by atoms with Gasteiger partial charge in [-0.3, -0.25) is 0 Å². The summed E-state index contributed by atoms with van der Waals surface area (Å²) >= 11 is 0. The van der Waals surface area contributed by atoms with Crippen LogP contribution >= 0.6 is 0 Å². The smallest absolute Gasteiger partial charge is 0.266 e. The molecule has 0 aromatic heterocycles. The maximum Gasteiger partial charge on any atom is 0.266 e. The zero-order chi connectivity index (χ0) is 7.49. The Morgan fingerprint density at radius 1 is 1.78 bits per heavy atom. The molecule has 0 fully saturated rings. The normalized spacial score (nSPS) is 11.0. The third-order valence-corrected chi connectivity index (χ3v) is 0.951. The number of carbonyl (C=O) groups excluding carboxylic acids is 1. The van der Waals surface area contributed by atoms with E-state index in [2.05, 4.69) is 6.58 Å². The SMILES string of the molecule is C=C(CC=O)C(C)(F)F. The molecule has 0 unspecified atom stereocenters. The van der Waals surface area contributed by atoms with E-state index in [4.69, 9.17) is 0 Å². The molecule has 3 heteroatoms. The molecule has 0 spiro atoms. The number of alkyl halides is 2. The topological polar surface area (TPSA) is 17.1 Å². The summed E-state index contributed by atoms with van der Waals surface area (Å²) in [6.45, 7) is 3.76. The van der Waals surface area contributed by atoms with Crippen molar-refractivity contribution < 1.29 is 13.6 Å². The van der Waals surface area contributed by atoms with Crippen molar-refractivity contribution in [2.75, 3.05) is 0 Å². The van der Waals surface area contributed by atoms with E-state index in [1.165, 1.54) is 0 Å². The van der Waals surface area contributed by atoms with Gasteiger partial charge in [-0.05, 0) is 5.57 Å². The third-order valence-electron chi connectivity index (χ3n) is 0.951. The average Bonchev–Trinajstić information content (AvgIpc) is 1.64. The highest BCUT2D eigenvalue weighted by Crippen LogP contribution is 2.22. The van der Waals surface area contributed by atoms with E-state index in [1.54, 1.807) is 0 Å². The molecule has 0 aliphatic rings. The first kappa shape index (κ1) is 8.27. The molecular weight excluding hydrogens is 126 g/mol. The van der Waals surface area contributed by atoms with Gasteiger partial charge in [-0.1, -0.05) is 6.58 Å². The summed E-state index contributed by atoms with van der Waals surface area (Å²) in [6, 6.07) is 0. The number of hydrogen-bond acceptors (Lipinski definition) is 1. The van der Waals surface area contributed by atoms with Crippen LogP contribution in [0.5, 0.6) is 0 Å². The van der Waals surface area contributed by atoms with Crippen LogP contribution in [-0.4, -0.2) is 12.2 Å². The summed E-state index contributed by atoms with van der Waals surface area (Å²) in [6.07, 6.45) is 0.156. The summed E-state index contributed by atoms with van der Waals surface area (Å²) in [5.74, 6) is -2.92. The Kier molecular flexibility index (Phi) is 2.49. The third kappa shape index (κ3) is 2.95. The number of rotatable bonds is 3. The highest BCUT2D eigenvalue weighted by molar-refractivity contribution is 5.54. The molecule has 0 aliphatic carbocycles. The second-order valence-corrected chi connectivity index (χ2v) is 1.86. The summed E-state index contributed by atoms with van der Waals surface area (Å²) in [5.41, 5.74) is -0.336. The quantitative estimate of drug-likeness (QED) is 0.424. The van der Waals surface area contributed by atoms with Gasteiger partial charge in [-0.25, -0.2) is 8.78 Å². The second-order valence-electron chi connectivity index (χ2n) is 1.86. The lowest BCUT2D eigenvalue weighted by Crippen LogP contribution is -2.12. The molecule has 0 bridgehead atoms. The number of aldehydes is 1. The van der Waals surface area contributed by atoms with Crippen molar-refractivity contribution in [3.8, 4) is 0 Å². The fraction of sp³-hybridized carbons (Fsp3) is 0.500. The van der Waals surface area contributed by atoms with Gasteiger partial charge in [0.05, 0.1) is 0 Å². The number of halogens is 2. The largest absolute Gasteiger partial charge is 0.303 e. The van der Waals surface area contributed by atoms with Gasteiger partial charge in [0.2, 0.25) is 0 Å². The Morgan fingerprint density at radius 3 is 2.33 bits per heavy atom. The first-order valence-corrected chi connectivity index (χ1v) is 2.48. The molecule has 1 nitrogen and oxygen atoms in total. The Balaban J connectivity index is 3.88. The predicted octanol–water partition coefficient (Wildman–Crippen LogP) is 1.79. The van der Waals surface area contributed by atoms with E-state index < -0.39 is 5.92 Å². The molecule has 0 radical (unpaired) electrons. The fourth-order valence-corrected chi connectivity index (χ4v) is 0.280. The maximum absolute atomic E-state index is 12.0.